The maximum Gasteiger partial charge on any atom is 0.338 e. The molecule has 1 amide bonds. The van der Waals surface area contributed by atoms with E-state index in [-0.39, 0.29) is 29.1 Å². The molecule has 0 unspecified atom stereocenters. The summed E-state index contributed by atoms with van der Waals surface area (Å²) in [5.74, 6) is -0.397. The van der Waals surface area contributed by atoms with Crippen LogP contribution in [-0.4, -0.2) is 46.4 Å². The van der Waals surface area contributed by atoms with Crippen LogP contribution in [0.15, 0.2) is 48.5 Å². The standard InChI is InChI=1S/C19H19N3O7S/c1-30-11-10-15(20-18(23)13-2-6-16(7-3-13)21(25)26)12-29-19(24)14-4-8-17(9-5-14)22(27)28/h2-9,15H,10-12H2,1H3,(H,20,23)/t15-/m1/s1. The zero-order chi connectivity index (χ0) is 22.1. The smallest absolute Gasteiger partial charge is 0.338 e. The van der Waals surface area contributed by atoms with Gasteiger partial charge in [0.2, 0.25) is 0 Å². The molecule has 158 valence electrons. The predicted octanol–water partition coefficient (Wildman–Crippen LogP) is 3.21. The highest BCUT2D eigenvalue weighted by Crippen LogP contribution is 2.14. The number of non-ortho nitro benzene ring substituents is 2. The molecule has 0 saturated carbocycles. The van der Waals surface area contributed by atoms with Gasteiger partial charge in [-0.25, -0.2) is 4.79 Å². The molecule has 2 aromatic rings. The van der Waals surface area contributed by atoms with Gasteiger partial charge in [-0.1, -0.05) is 0 Å². The summed E-state index contributed by atoms with van der Waals surface area (Å²) < 4.78 is 5.25. The first kappa shape index (κ1) is 22.8. The minimum atomic E-state index is -0.663. The van der Waals surface area contributed by atoms with Gasteiger partial charge in [0.05, 0.1) is 21.5 Å². The number of nitro benzene ring substituents is 2. The topological polar surface area (TPSA) is 142 Å². The molecule has 0 radical (unpaired) electrons. The van der Waals surface area contributed by atoms with Crippen molar-refractivity contribution in [2.45, 2.75) is 12.5 Å². The van der Waals surface area contributed by atoms with Crippen LogP contribution in [0.4, 0.5) is 11.4 Å². The third kappa shape index (κ3) is 6.55. The molecule has 0 aliphatic carbocycles. The predicted molar refractivity (Wildman–Crippen MR) is 111 cm³/mol. The molecule has 1 atom stereocenters. The van der Waals surface area contributed by atoms with E-state index in [1.165, 1.54) is 48.5 Å². The summed E-state index contributed by atoms with van der Waals surface area (Å²) in [6.45, 7) is -0.0882. The summed E-state index contributed by atoms with van der Waals surface area (Å²) in [4.78, 5) is 44.9. The number of nitrogens with zero attached hydrogens (tertiary/aromatic N) is 2. The Morgan fingerprint density at radius 3 is 1.93 bits per heavy atom. The van der Waals surface area contributed by atoms with E-state index in [4.69, 9.17) is 4.74 Å². The number of nitro groups is 2. The van der Waals surface area contributed by atoms with Crippen LogP contribution in [0.1, 0.15) is 27.1 Å². The number of benzene rings is 2. The Morgan fingerprint density at radius 2 is 1.47 bits per heavy atom. The number of amides is 1. The lowest BCUT2D eigenvalue weighted by Gasteiger charge is -2.18. The van der Waals surface area contributed by atoms with E-state index < -0.39 is 27.8 Å². The molecule has 1 N–H and O–H groups in total. The summed E-state index contributed by atoms with van der Waals surface area (Å²) in [7, 11) is 0. The van der Waals surface area contributed by atoms with E-state index in [1.807, 2.05) is 6.26 Å². The minimum Gasteiger partial charge on any atom is -0.460 e. The normalized spacial score (nSPS) is 11.4. The van der Waals surface area contributed by atoms with Gasteiger partial charge in [0, 0.05) is 29.8 Å². The van der Waals surface area contributed by atoms with Gasteiger partial charge in [-0.15, -0.1) is 0 Å². The molecule has 10 nitrogen and oxygen atoms in total. The number of hydrogen-bond donors (Lipinski definition) is 1. The van der Waals surface area contributed by atoms with E-state index in [1.54, 1.807) is 11.8 Å². The lowest BCUT2D eigenvalue weighted by Crippen LogP contribution is -2.39. The van der Waals surface area contributed by atoms with Gasteiger partial charge >= 0.3 is 5.97 Å². The van der Waals surface area contributed by atoms with Gasteiger partial charge in [0.15, 0.2) is 0 Å². The number of thioether (sulfide) groups is 1. The first-order valence-corrected chi connectivity index (χ1v) is 10.2. The molecule has 2 rings (SSSR count). The average Bonchev–Trinajstić information content (AvgIpc) is 2.75. The fourth-order valence-electron chi connectivity index (χ4n) is 2.44. The Balaban J connectivity index is 1.98. The molecular weight excluding hydrogens is 414 g/mol. The van der Waals surface area contributed by atoms with Crippen molar-refractivity contribution in [1.29, 1.82) is 0 Å². The Kier molecular flexibility index (Phi) is 8.29. The second kappa shape index (κ2) is 10.9. The molecule has 2 aromatic carbocycles. The third-order valence-electron chi connectivity index (χ3n) is 4.08. The summed E-state index contributed by atoms with van der Waals surface area (Å²) in [5, 5.41) is 24.2. The molecule has 0 saturated heterocycles. The van der Waals surface area contributed by atoms with Crippen LogP contribution in [0, 0.1) is 20.2 Å². The van der Waals surface area contributed by atoms with Crippen LogP contribution < -0.4 is 5.32 Å². The number of rotatable bonds is 10. The number of carbonyl (C=O) groups excluding carboxylic acids is 2. The van der Waals surface area contributed by atoms with Gasteiger partial charge in [-0.2, -0.15) is 11.8 Å². The monoisotopic (exact) mass is 433 g/mol. The van der Waals surface area contributed by atoms with Crippen molar-refractivity contribution < 1.29 is 24.2 Å². The van der Waals surface area contributed by atoms with Crippen LogP contribution in [0.3, 0.4) is 0 Å². The van der Waals surface area contributed by atoms with E-state index in [0.29, 0.717) is 12.2 Å². The number of hydrogen-bond acceptors (Lipinski definition) is 8. The molecule has 0 heterocycles. The van der Waals surface area contributed by atoms with E-state index in [2.05, 4.69) is 5.32 Å². The van der Waals surface area contributed by atoms with Crippen molar-refractivity contribution in [3.63, 3.8) is 0 Å². The number of ether oxygens (including phenoxy) is 1. The minimum absolute atomic E-state index is 0.0882. The molecule has 0 fully saturated rings. The van der Waals surface area contributed by atoms with Crippen LogP contribution in [0.25, 0.3) is 0 Å². The second-order valence-electron chi connectivity index (χ2n) is 6.16. The average molecular weight is 433 g/mol. The second-order valence-corrected chi connectivity index (χ2v) is 7.14. The SMILES string of the molecule is CSCC[C@H](COC(=O)c1ccc([N+](=O)[O-])cc1)NC(=O)c1ccc([N+](=O)[O-])cc1. The zero-order valence-corrected chi connectivity index (χ0v) is 16.8. The number of esters is 1. The highest BCUT2D eigenvalue weighted by atomic mass is 32.2. The fraction of sp³-hybridized carbons (Fsp3) is 0.263. The van der Waals surface area contributed by atoms with E-state index >= 15 is 0 Å². The van der Waals surface area contributed by atoms with Crippen molar-refractivity contribution in [2.75, 3.05) is 18.6 Å². The fourth-order valence-corrected chi connectivity index (χ4v) is 2.96. The van der Waals surface area contributed by atoms with Crippen LogP contribution in [0.5, 0.6) is 0 Å². The van der Waals surface area contributed by atoms with E-state index in [0.717, 1.165) is 0 Å². The van der Waals surface area contributed by atoms with Gasteiger partial charge in [0.25, 0.3) is 17.3 Å². The Hall–Kier alpha value is -3.47. The maximum atomic E-state index is 12.4. The van der Waals surface area contributed by atoms with Crippen molar-refractivity contribution in [3.05, 3.63) is 79.9 Å². The Labute approximate surface area is 175 Å². The molecule has 0 aliphatic rings. The van der Waals surface area contributed by atoms with Gasteiger partial charge in [0.1, 0.15) is 6.61 Å². The van der Waals surface area contributed by atoms with Crippen molar-refractivity contribution in [2.24, 2.45) is 0 Å². The summed E-state index contributed by atoms with van der Waals surface area (Å²) in [5.41, 5.74) is 0.143. The lowest BCUT2D eigenvalue weighted by molar-refractivity contribution is -0.385. The van der Waals surface area contributed by atoms with Gasteiger partial charge < -0.3 is 10.1 Å². The lowest BCUT2D eigenvalue weighted by atomic mass is 10.1. The highest BCUT2D eigenvalue weighted by Gasteiger charge is 2.18. The summed E-state index contributed by atoms with van der Waals surface area (Å²) in [6, 6.07) is 9.71. The van der Waals surface area contributed by atoms with Crippen LogP contribution in [0.2, 0.25) is 0 Å². The number of nitrogens with one attached hydrogen (secondary N) is 1. The van der Waals surface area contributed by atoms with Crippen LogP contribution in [-0.2, 0) is 4.74 Å². The largest absolute Gasteiger partial charge is 0.460 e. The first-order chi connectivity index (χ1) is 14.3. The third-order valence-corrected chi connectivity index (χ3v) is 4.72. The summed E-state index contributed by atoms with van der Waals surface area (Å²) >= 11 is 1.56. The van der Waals surface area contributed by atoms with Gasteiger partial charge in [-0.3, -0.25) is 25.0 Å². The zero-order valence-electron chi connectivity index (χ0n) is 16.0. The molecule has 0 aliphatic heterocycles. The Bertz CT molecular complexity index is 917. The van der Waals surface area contributed by atoms with Crippen molar-refractivity contribution in [1.82, 2.24) is 5.32 Å². The van der Waals surface area contributed by atoms with Crippen molar-refractivity contribution >= 4 is 35.0 Å². The van der Waals surface area contributed by atoms with Crippen molar-refractivity contribution in [3.8, 4) is 0 Å². The molecule has 0 aromatic heterocycles. The van der Waals surface area contributed by atoms with Crippen LogP contribution >= 0.6 is 11.8 Å². The molecular formula is C19H19N3O7S. The quantitative estimate of drug-likeness (QED) is 0.342. The van der Waals surface area contributed by atoms with Gasteiger partial charge in [-0.05, 0) is 42.7 Å². The molecule has 11 heteroatoms. The number of carbonyl (C=O) groups is 2. The maximum absolute atomic E-state index is 12.4. The first-order valence-electron chi connectivity index (χ1n) is 8.77. The molecule has 30 heavy (non-hydrogen) atoms. The van der Waals surface area contributed by atoms with E-state index in [9.17, 15) is 29.8 Å². The molecule has 0 bridgehead atoms. The molecule has 0 spiro atoms. The summed E-state index contributed by atoms with van der Waals surface area (Å²) in [6.07, 6.45) is 2.44. The highest BCUT2D eigenvalue weighted by molar-refractivity contribution is 7.98. The Morgan fingerprint density at radius 1 is 0.967 bits per heavy atom.